The average molecular weight is 405 g/mol. The van der Waals surface area contributed by atoms with Crippen molar-refractivity contribution in [3.05, 3.63) is 95.6 Å². The molecule has 0 heterocycles. The zero-order valence-corrected chi connectivity index (χ0v) is 15.7. The first-order chi connectivity index (χ1) is 14.4. The van der Waals surface area contributed by atoms with Crippen LogP contribution in [0.5, 0.6) is 0 Å². The summed E-state index contributed by atoms with van der Waals surface area (Å²) in [6.07, 6.45) is 0.0343. The van der Waals surface area contributed by atoms with Gasteiger partial charge in [-0.1, -0.05) is 48.5 Å². The molecule has 0 saturated heterocycles. The molecule has 0 aromatic heterocycles. The molecule has 0 unspecified atom stereocenters. The highest BCUT2D eigenvalue weighted by atomic mass is 19.2. The molecule has 4 aromatic rings. The molecule has 0 aliphatic rings. The Bertz CT molecular complexity index is 1230. The van der Waals surface area contributed by atoms with E-state index in [1.54, 1.807) is 0 Å². The fourth-order valence-electron chi connectivity index (χ4n) is 3.61. The van der Waals surface area contributed by atoms with Gasteiger partial charge in [0.15, 0.2) is 11.6 Å². The summed E-state index contributed by atoms with van der Waals surface area (Å²) in [6.45, 7) is 0. The van der Waals surface area contributed by atoms with E-state index in [2.05, 4.69) is 5.32 Å². The van der Waals surface area contributed by atoms with Crippen LogP contribution >= 0.6 is 0 Å². The number of rotatable bonds is 5. The third-order valence-electron chi connectivity index (χ3n) is 5.08. The smallest absolute Gasteiger partial charge is 0.326 e. The number of carboxylic acids is 1. The molecule has 0 fully saturated rings. The van der Waals surface area contributed by atoms with Gasteiger partial charge in [-0.25, -0.2) is 13.6 Å². The predicted molar refractivity (Wildman–Crippen MR) is 110 cm³/mol. The molecule has 30 heavy (non-hydrogen) atoms. The number of amides is 1. The van der Waals surface area contributed by atoms with Crippen LogP contribution in [0.3, 0.4) is 0 Å². The molecular weight excluding hydrogens is 388 g/mol. The number of benzene rings is 4. The molecule has 4 aromatic carbocycles. The molecule has 1 atom stereocenters. The minimum atomic E-state index is -1.25. The molecule has 0 radical (unpaired) electrons. The molecule has 2 N–H and O–H groups in total. The van der Waals surface area contributed by atoms with E-state index in [-0.39, 0.29) is 12.0 Å². The number of hydrogen-bond acceptors (Lipinski definition) is 2. The molecule has 150 valence electrons. The summed E-state index contributed by atoms with van der Waals surface area (Å²) < 4.78 is 26.6. The van der Waals surface area contributed by atoms with Crippen molar-refractivity contribution >= 4 is 33.4 Å². The highest BCUT2D eigenvalue weighted by molar-refractivity contribution is 6.03. The van der Waals surface area contributed by atoms with Crippen LogP contribution < -0.4 is 5.32 Å². The third-order valence-corrected chi connectivity index (χ3v) is 5.08. The molecule has 0 aliphatic heterocycles. The van der Waals surface area contributed by atoms with E-state index in [1.807, 2.05) is 54.6 Å². The van der Waals surface area contributed by atoms with Crippen molar-refractivity contribution in [3.8, 4) is 0 Å². The Hall–Kier alpha value is -3.80. The summed E-state index contributed by atoms with van der Waals surface area (Å²) in [6, 6.07) is 18.7. The standard InChI is InChI=1S/C24H17F2NO3/c25-20-10-9-16(12-21(20)26)23(28)27-22(24(29)30)13-19-17-7-3-1-5-14(17)11-15-6-2-4-8-18(15)19/h1-12,22H,13H2,(H,27,28)(H,29,30)/t22-/m0/s1. The van der Waals surface area contributed by atoms with Gasteiger partial charge < -0.3 is 10.4 Å². The van der Waals surface area contributed by atoms with E-state index in [4.69, 9.17) is 0 Å². The van der Waals surface area contributed by atoms with Gasteiger partial charge in [0, 0.05) is 12.0 Å². The highest BCUT2D eigenvalue weighted by Crippen LogP contribution is 2.29. The number of carbonyl (C=O) groups excluding carboxylic acids is 1. The molecule has 6 heteroatoms. The van der Waals surface area contributed by atoms with Crippen LogP contribution in [0.1, 0.15) is 15.9 Å². The normalized spacial score (nSPS) is 12.1. The van der Waals surface area contributed by atoms with Crippen molar-refractivity contribution in [3.63, 3.8) is 0 Å². The number of hydrogen-bond donors (Lipinski definition) is 2. The van der Waals surface area contributed by atoms with Gasteiger partial charge in [-0.3, -0.25) is 4.79 Å². The first-order valence-electron chi connectivity index (χ1n) is 9.32. The lowest BCUT2D eigenvalue weighted by Gasteiger charge is -2.18. The lowest BCUT2D eigenvalue weighted by molar-refractivity contribution is -0.139. The van der Waals surface area contributed by atoms with Crippen LogP contribution in [0.2, 0.25) is 0 Å². The topological polar surface area (TPSA) is 66.4 Å². The summed E-state index contributed by atoms with van der Waals surface area (Å²) in [5, 5.41) is 15.9. The first-order valence-corrected chi connectivity index (χ1v) is 9.32. The maximum atomic E-state index is 13.5. The third kappa shape index (κ3) is 3.72. The van der Waals surface area contributed by atoms with Gasteiger partial charge >= 0.3 is 5.97 Å². The summed E-state index contributed by atoms with van der Waals surface area (Å²) in [4.78, 5) is 24.4. The fraction of sp³-hybridized carbons (Fsp3) is 0.0833. The molecule has 1 amide bonds. The van der Waals surface area contributed by atoms with Crippen molar-refractivity contribution in [2.75, 3.05) is 0 Å². The van der Waals surface area contributed by atoms with Crippen molar-refractivity contribution in [2.45, 2.75) is 12.5 Å². The maximum absolute atomic E-state index is 13.5. The number of nitrogens with one attached hydrogen (secondary N) is 1. The average Bonchev–Trinajstić information content (AvgIpc) is 2.74. The van der Waals surface area contributed by atoms with E-state index in [0.29, 0.717) is 0 Å². The van der Waals surface area contributed by atoms with Crippen LogP contribution in [0.15, 0.2) is 72.8 Å². The zero-order valence-electron chi connectivity index (χ0n) is 15.7. The van der Waals surface area contributed by atoms with Crippen molar-refractivity contribution in [1.29, 1.82) is 0 Å². The Labute approximate surface area is 170 Å². The lowest BCUT2D eigenvalue weighted by atomic mass is 9.92. The Morgan fingerprint density at radius 1 is 0.833 bits per heavy atom. The quantitative estimate of drug-likeness (QED) is 0.473. The second-order valence-corrected chi connectivity index (χ2v) is 6.99. The second kappa shape index (κ2) is 7.91. The van der Waals surface area contributed by atoms with E-state index < -0.39 is 29.6 Å². The number of fused-ring (bicyclic) bond motifs is 2. The summed E-state index contributed by atoms with van der Waals surface area (Å²) in [7, 11) is 0. The minimum absolute atomic E-state index is 0.0343. The highest BCUT2D eigenvalue weighted by Gasteiger charge is 2.23. The van der Waals surface area contributed by atoms with Crippen molar-refractivity contribution in [1.82, 2.24) is 5.32 Å². The number of carboxylic acid groups (broad SMARTS) is 1. The minimum Gasteiger partial charge on any atom is -0.480 e. The Morgan fingerprint density at radius 2 is 1.43 bits per heavy atom. The number of aliphatic carboxylic acids is 1. The number of carbonyl (C=O) groups is 2. The van der Waals surface area contributed by atoms with E-state index in [1.165, 1.54) is 0 Å². The predicted octanol–water partition coefficient (Wildman–Crippen LogP) is 4.70. The summed E-state index contributed by atoms with van der Waals surface area (Å²) >= 11 is 0. The Kier molecular flexibility index (Phi) is 5.14. The van der Waals surface area contributed by atoms with Gasteiger partial charge in [0.25, 0.3) is 5.91 Å². The summed E-state index contributed by atoms with van der Waals surface area (Å²) in [5.74, 6) is -4.26. The van der Waals surface area contributed by atoms with Crippen LogP contribution in [0, 0.1) is 11.6 Å². The van der Waals surface area contributed by atoms with Gasteiger partial charge in [-0.15, -0.1) is 0 Å². The second-order valence-electron chi connectivity index (χ2n) is 6.99. The lowest BCUT2D eigenvalue weighted by Crippen LogP contribution is -2.42. The van der Waals surface area contributed by atoms with Gasteiger partial charge in [-0.2, -0.15) is 0 Å². The van der Waals surface area contributed by atoms with Gasteiger partial charge in [-0.05, 0) is 51.4 Å². The van der Waals surface area contributed by atoms with Crippen LogP contribution in [0.25, 0.3) is 21.5 Å². The molecule has 0 spiro atoms. The van der Waals surface area contributed by atoms with Gasteiger partial charge in [0.1, 0.15) is 6.04 Å². The first kappa shape index (κ1) is 19.5. The maximum Gasteiger partial charge on any atom is 0.326 e. The van der Waals surface area contributed by atoms with E-state index in [9.17, 15) is 23.5 Å². The zero-order chi connectivity index (χ0) is 21.3. The van der Waals surface area contributed by atoms with Crippen molar-refractivity contribution in [2.24, 2.45) is 0 Å². The number of halogens is 2. The Morgan fingerprint density at radius 3 is 2.00 bits per heavy atom. The fourth-order valence-corrected chi connectivity index (χ4v) is 3.61. The molecule has 4 nitrogen and oxygen atoms in total. The molecule has 4 rings (SSSR count). The van der Waals surface area contributed by atoms with E-state index >= 15 is 0 Å². The molecule has 0 bridgehead atoms. The van der Waals surface area contributed by atoms with Gasteiger partial charge in [0.2, 0.25) is 0 Å². The van der Waals surface area contributed by atoms with Gasteiger partial charge in [0.05, 0.1) is 0 Å². The van der Waals surface area contributed by atoms with Crippen molar-refractivity contribution < 1.29 is 23.5 Å². The Balaban J connectivity index is 1.72. The molecule has 0 saturated carbocycles. The van der Waals surface area contributed by atoms with E-state index in [0.717, 1.165) is 45.3 Å². The monoisotopic (exact) mass is 405 g/mol. The molecule has 0 aliphatic carbocycles. The van der Waals surface area contributed by atoms with Crippen LogP contribution in [-0.4, -0.2) is 23.0 Å². The van der Waals surface area contributed by atoms with Crippen LogP contribution in [0.4, 0.5) is 8.78 Å². The largest absolute Gasteiger partial charge is 0.480 e. The van der Waals surface area contributed by atoms with Crippen LogP contribution in [-0.2, 0) is 11.2 Å². The summed E-state index contributed by atoms with van der Waals surface area (Å²) in [5.41, 5.74) is 0.643. The molecular formula is C24H17F2NO3. The SMILES string of the molecule is O=C(N[C@@H](Cc1c2ccccc2cc2ccccc12)C(=O)O)c1ccc(F)c(F)c1.